The molecule has 6 nitrogen and oxygen atoms in total. The molecule has 0 aliphatic heterocycles. The van der Waals surface area contributed by atoms with Gasteiger partial charge in [0, 0.05) is 11.6 Å². The number of rotatable bonds is 6. The number of aromatic nitrogens is 2. The second-order valence-corrected chi connectivity index (χ2v) is 6.57. The van der Waals surface area contributed by atoms with Crippen molar-refractivity contribution in [3.05, 3.63) is 75.3 Å². The van der Waals surface area contributed by atoms with Crippen LogP contribution in [-0.2, 0) is 24.4 Å². The first kappa shape index (κ1) is 18.1. The Kier molecular flexibility index (Phi) is 5.35. The van der Waals surface area contributed by atoms with Crippen molar-refractivity contribution in [1.29, 1.82) is 0 Å². The molecule has 7 heteroatoms. The van der Waals surface area contributed by atoms with Gasteiger partial charge in [0.05, 0.1) is 17.4 Å². The molecule has 0 aliphatic carbocycles. The second kappa shape index (κ2) is 7.68. The normalized spacial score (nSPS) is 11.2. The predicted octanol–water partition coefficient (Wildman–Crippen LogP) is 2.17. The molecule has 0 radical (unpaired) electrons. The van der Waals surface area contributed by atoms with Crippen molar-refractivity contribution in [3.63, 3.8) is 0 Å². The molecule has 3 rings (SSSR count). The molecule has 0 fully saturated rings. The zero-order valence-corrected chi connectivity index (χ0v) is 15.1. The number of nitrogens with zero attached hydrogens (tertiary/aromatic N) is 3. The number of carbonyl (C=O) groups is 1. The predicted molar refractivity (Wildman–Crippen MR) is 102 cm³/mol. The molecule has 134 valence electrons. The molecule has 2 aromatic carbocycles. The number of para-hydroxylation sites is 1. The first-order valence-corrected chi connectivity index (χ1v) is 8.52. The van der Waals surface area contributed by atoms with Gasteiger partial charge in [0.1, 0.15) is 12.4 Å². The van der Waals surface area contributed by atoms with Gasteiger partial charge in [-0.2, -0.15) is 0 Å². The van der Waals surface area contributed by atoms with Gasteiger partial charge in [0.2, 0.25) is 5.91 Å². The molecule has 1 heterocycles. The van der Waals surface area contributed by atoms with Crippen molar-refractivity contribution in [2.45, 2.75) is 19.6 Å². The van der Waals surface area contributed by atoms with Crippen LogP contribution < -0.4 is 11.3 Å². The molecule has 0 bridgehead atoms. The Bertz CT molecular complexity index is 1020. The SMILES string of the molecule is CN(Cc1ccccc1Cl)Cc1nc2ccccc2c(=O)n1CC(N)=O. The van der Waals surface area contributed by atoms with E-state index in [1.165, 1.54) is 4.57 Å². The van der Waals surface area contributed by atoms with Crippen LogP contribution in [0.4, 0.5) is 0 Å². The van der Waals surface area contributed by atoms with Crippen LogP contribution in [0.15, 0.2) is 53.3 Å². The van der Waals surface area contributed by atoms with E-state index in [0.717, 1.165) is 5.56 Å². The quantitative estimate of drug-likeness (QED) is 0.721. The van der Waals surface area contributed by atoms with Crippen LogP contribution >= 0.6 is 11.6 Å². The Morgan fingerprint density at radius 3 is 2.58 bits per heavy atom. The number of nitrogens with two attached hydrogens (primary N) is 1. The number of halogens is 1. The highest BCUT2D eigenvalue weighted by molar-refractivity contribution is 6.31. The van der Waals surface area contributed by atoms with Gasteiger partial charge in [0.15, 0.2) is 0 Å². The lowest BCUT2D eigenvalue weighted by molar-refractivity contribution is -0.118. The fraction of sp³-hybridized carbons (Fsp3) is 0.211. The van der Waals surface area contributed by atoms with Crippen LogP contribution in [0.1, 0.15) is 11.4 Å². The van der Waals surface area contributed by atoms with Gasteiger partial charge in [-0.05, 0) is 30.8 Å². The number of amides is 1. The van der Waals surface area contributed by atoms with Crippen molar-refractivity contribution in [2.75, 3.05) is 7.05 Å². The maximum atomic E-state index is 12.8. The van der Waals surface area contributed by atoms with E-state index in [2.05, 4.69) is 4.98 Å². The lowest BCUT2D eigenvalue weighted by atomic mass is 10.2. The Hall–Kier alpha value is -2.70. The van der Waals surface area contributed by atoms with E-state index in [4.69, 9.17) is 17.3 Å². The monoisotopic (exact) mass is 370 g/mol. The summed E-state index contributed by atoms with van der Waals surface area (Å²) < 4.78 is 1.34. The zero-order valence-electron chi connectivity index (χ0n) is 14.4. The van der Waals surface area contributed by atoms with Crippen molar-refractivity contribution in [2.24, 2.45) is 5.73 Å². The molecule has 26 heavy (non-hydrogen) atoms. The van der Waals surface area contributed by atoms with Crippen LogP contribution in [0.5, 0.6) is 0 Å². The minimum Gasteiger partial charge on any atom is -0.368 e. The third-order valence-corrected chi connectivity index (χ3v) is 4.43. The third-order valence-electron chi connectivity index (χ3n) is 4.06. The van der Waals surface area contributed by atoms with Gasteiger partial charge in [-0.15, -0.1) is 0 Å². The van der Waals surface area contributed by atoms with Crippen LogP contribution in [0, 0.1) is 0 Å². The van der Waals surface area contributed by atoms with E-state index in [1.54, 1.807) is 18.2 Å². The third kappa shape index (κ3) is 3.92. The summed E-state index contributed by atoms with van der Waals surface area (Å²) in [4.78, 5) is 30.7. The Morgan fingerprint density at radius 2 is 1.85 bits per heavy atom. The standard InChI is InChI=1S/C19H19ClN4O2/c1-23(10-13-6-2-4-8-15(13)20)12-18-22-16-9-5-3-7-14(16)19(26)24(18)11-17(21)25/h2-9H,10-12H2,1H3,(H2,21,25). The van der Waals surface area contributed by atoms with E-state index < -0.39 is 5.91 Å². The van der Waals surface area contributed by atoms with Gasteiger partial charge in [-0.3, -0.25) is 19.1 Å². The molecular formula is C19H19ClN4O2. The molecule has 0 saturated carbocycles. The smallest absolute Gasteiger partial charge is 0.261 e. The summed E-state index contributed by atoms with van der Waals surface area (Å²) in [6.45, 7) is 0.753. The summed E-state index contributed by atoms with van der Waals surface area (Å²) in [5, 5.41) is 1.15. The van der Waals surface area contributed by atoms with Gasteiger partial charge in [0.25, 0.3) is 5.56 Å². The molecule has 0 aliphatic rings. The number of benzene rings is 2. The summed E-state index contributed by atoms with van der Waals surface area (Å²) in [7, 11) is 1.90. The Balaban J connectivity index is 1.96. The van der Waals surface area contributed by atoms with E-state index in [-0.39, 0.29) is 12.1 Å². The van der Waals surface area contributed by atoms with Crippen molar-refractivity contribution < 1.29 is 4.79 Å². The fourth-order valence-corrected chi connectivity index (χ4v) is 3.06. The van der Waals surface area contributed by atoms with Crippen LogP contribution in [-0.4, -0.2) is 27.4 Å². The first-order valence-electron chi connectivity index (χ1n) is 8.14. The summed E-state index contributed by atoms with van der Waals surface area (Å²) in [6, 6.07) is 14.6. The van der Waals surface area contributed by atoms with Gasteiger partial charge in [-0.25, -0.2) is 4.98 Å². The second-order valence-electron chi connectivity index (χ2n) is 6.17. The average molecular weight is 371 g/mol. The van der Waals surface area contributed by atoms with Crippen molar-refractivity contribution >= 4 is 28.4 Å². The highest BCUT2D eigenvalue weighted by atomic mass is 35.5. The lowest BCUT2D eigenvalue weighted by Crippen LogP contribution is -2.33. The summed E-state index contributed by atoms with van der Waals surface area (Å²) in [5.74, 6) is -0.0961. The summed E-state index contributed by atoms with van der Waals surface area (Å²) >= 11 is 6.22. The maximum absolute atomic E-state index is 12.8. The molecule has 0 atom stereocenters. The van der Waals surface area contributed by atoms with Gasteiger partial charge < -0.3 is 5.73 Å². The maximum Gasteiger partial charge on any atom is 0.261 e. The molecular weight excluding hydrogens is 352 g/mol. The van der Waals surface area contributed by atoms with E-state index in [1.807, 2.05) is 42.3 Å². The highest BCUT2D eigenvalue weighted by Crippen LogP contribution is 2.17. The van der Waals surface area contributed by atoms with Crippen molar-refractivity contribution in [3.8, 4) is 0 Å². The minimum absolute atomic E-state index is 0.202. The number of fused-ring (bicyclic) bond motifs is 1. The van der Waals surface area contributed by atoms with E-state index in [9.17, 15) is 9.59 Å². The molecule has 1 aromatic heterocycles. The Labute approximate surface area is 155 Å². The summed E-state index contributed by atoms with van der Waals surface area (Å²) in [5.41, 5.74) is 6.63. The molecule has 0 saturated heterocycles. The first-order chi connectivity index (χ1) is 12.5. The number of hydrogen-bond donors (Lipinski definition) is 1. The largest absolute Gasteiger partial charge is 0.368 e. The zero-order chi connectivity index (χ0) is 18.7. The van der Waals surface area contributed by atoms with Crippen LogP contribution in [0.2, 0.25) is 5.02 Å². The average Bonchev–Trinajstić information content (AvgIpc) is 2.60. The van der Waals surface area contributed by atoms with Crippen LogP contribution in [0.25, 0.3) is 10.9 Å². The lowest BCUT2D eigenvalue weighted by Gasteiger charge is -2.20. The molecule has 1 amide bonds. The number of hydrogen-bond acceptors (Lipinski definition) is 4. The number of carbonyl (C=O) groups excluding carboxylic acids is 1. The minimum atomic E-state index is -0.584. The molecule has 3 aromatic rings. The molecule has 2 N–H and O–H groups in total. The van der Waals surface area contributed by atoms with E-state index >= 15 is 0 Å². The fourth-order valence-electron chi connectivity index (χ4n) is 2.87. The van der Waals surface area contributed by atoms with Gasteiger partial charge in [-0.1, -0.05) is 41.9 Å². The van der Waals surface area contributed by atoms with Crippen LogP contribution in [0.3, 0.4) is 0 Å². The molecule has 0 spiro atoms. The van der Waals surface area contributed by atoms with Crippen molar-refractivity contribution in [1.82, 2.24) is 14.5 Å². The van der Waals surface area contributed by atoms with E-state index in [0.29, 0.717) is 34.8 Å². The van der Waals surface area contributed by atoms with Gasteiger partial charge >= 0.3 is 0 Å². The Morgan fingerprint density at radius 1 is 1.15 bits per heavy atom. The topological polar surface area (TPSA) is 81.2 Å². The highest BCUT2D eigenvalue weighted by Gasteiger charge is 2.15. The molecule has 0 unspecified atom stereocenters. The summed E-state index contributed by atoms with van der Waals surface area (Å²) in [6.07, 6.45) is 0. The number of primary amides is 1.